The van der Waals surface area contributed by atoms with Gasteiger partial charge in [-0.15, -0.1) is 0 Å². The zero-order valence-electron chi connectivity index (χ0n) is 15.7. The van der Waals surface area contributed by atoms with Crippen molar-refractivity contribution in [2.45, 2.75) is 56.4 Å². The Hall–Kier alpha value is -2.26. The molecule has 7 nitrogen and oxygen atoms in total. The topological polar surface area (TPSA) is 104 Å². The number of anilines is 1. The number of amides is 1. The molecule has 28 heavy (non-hydrogen) atoms. The monoisotopic (exact) mass is 408 g/mol. The standard InChI is InChI=1S/C19H25FN4O3S/c1-13(24-28(26,27)17-10-6-5-9-16(17)20)19(25)21-18-12-15(22-23-18)11-14-7-3-2-4-8-14/h5-6,9-10,12-14,24H,2-4,7-8,11H2,1H3,(H2,21,22,23,25)/t13-/m0/s1. The van der Waals surface area contributed by atoms with Crippen molar-refractivity contribution < 1.29 is 17.6 Å². The number of aromatic amines is 1. The summed E-state index contributed by atoms with van der Waals surface area (Å²) < 4.78 is 40.5. The number of H-pyrrole nitrogens is 1. The van der Waals surface area contributed by atoms with Crippen LogP contribution in [0.4, 0.5) is 10.2 Å². The Morgan fingerprint density at radius 2 is 2.00 bits per heavy atom. The molecule has 0 aliphatic heterocycles. The number of halogens is 1. The van der Waals surface area contributed by atoms with Crippen LogP contribution in [0.1, 0.15) is 44.7 Å². The van der Waals surface area contributed by atoms with Gasteiger partial charge in [0.15, 0.2) is 5.82 Å². The first-order valence-corrected chi connectivity index (χ1v) is 11.0. The minimum atomic E-state index is -4.16. The van der Waals surface area contributed by atoms with E-state index < -0.39 is 32.7 Å². The lowest BCUT2D eigenvalue weighted by Crippen LogP contribution is -2.41. The van der Waals surface area contributed by atoms with E-state index in [-0.39, 0.29) is 0 Å². The molecule has 1 atom stereocenters. The Bertz CT molecular complexity index is 923. The van der Waals surface area contributed by atoms with E-state index in [9.17, 15) is 17.6 Å². The molecule has 3 N–H and O–H groups in total. The minimum absolute atomic E-state index is 0.341. The molecule has 1 saturated carbocycles. The molecule has 1 aliphatic rings. The predicted molar refractivity (Wildman–Crippen MR) is 104 cm³/mol. The number of sulfonamides is 1. The van der Waals surface area contributed by atoms with E-state index in [0.29, 0.717) is 11.7 Å². The summed E-state index contributed by atoms with van der Waals surface area (Å²) in [7, 11) is -4.16. The molecular weight excluding hydrogens is 383 g/mol. The van der Waals surface area contributed by atoms with Crippen LogP contribution in [0.3, 0.4) is 0 Å². The van der Waals surface area contributed by atoms with Crippen LogP contribution in [0.5, 0.6) is 0 Å². The first-order chi connectivity index (χ1) is 13.3. The van der Waals surface area contributed by atoms with Gasteiger partial charge in [0.1, 0.15) is 10.7 Å². The molecule has 1 heterocycles. The second-order valence-electron chi connectivity index (χ2n) is 7.25. The average Bonchev–Trinajstić information content (AvgIpc) is 3.09. The van der Waals surface area contributed by atoms with Crippen molar-refractivity contribution in [3.63, 3.8) is 0 Å². The molecule has 0 radical (unpaired) electrons. The normalized spacial score (nSPS) is 16.6. The highest BCUT2D eigenvalue weighted by molar-refractivity contribution is 7.89. The molecule has 1 aliphatic carbocycles. The summed E-state index contributed by atoms with van der Waals surface area (Å²) in [6.45, 7) is 1.39. The lowest BCUT2D eigenvalue weighted by atomic mass is 9.86. The van der Waals surface area contributed by atoms with E-state index in [4.69, 9.17) is 0 Å². The van der Waals surface area contributed by atoms with Crippen LogP contribution in [0.15, 0.2) is 35.2 Å². The van der Waals surface area contributed by atoms with Gasteiger partial charge in [0.05, 0.1) is 6.04 Å². The molecular formula is C19H25FN4O3S. The van der Waals surface area contributed by atoms with Gasteiger partial charge in [0.2, 0.25) is 15.9 Å². The molecule has 9 heteroatoms. The Morgan fingerprint density at radius 1 is 1.29 bits per heavy atom. The summed E-state index contributed by atoms with van der Waals surface area (Å²) in [4.78, 5) is 11.8. The van der Waals surface area contributed by atoms with E-state index in [1.807, 2.05) is 0 Å². The second-order valence-corrected chi connectivity index (χ2v) is 8.93. The number of carbonyl (C=O) groups excluding carboxylic acids is 1. The van der Waals surface area contributed by atoms with Crippen molar-refractivity contribution in [1.29, 1.82) is 0 Å². The predicted octanol–water partition coefficient (Wildman–Crippen LogP) is 2.98. The maximum atomic E-state index is 13.7. The summed E-state index contributed by atoms with van der Waals surface area (Å²) in [6, 6.07) is 5.69. The number of aromatic nitrogens is 2. The molecule has 0 spiro atoms. The fraction of sp³-hybridized carbons (Fsp3) is 0.474. The summed E-state index contributed by atoms with van der Waals surface area (Å²) in [6.07, 6.45) is 7.09. The van der Waals surface area contributed by atoms with E-state index >= 15 is 0 Å². The molecule has 1 fully saturated rings. The molecule has 0 unspecified atom stereocenters. The molecule has 152 valence electrons. The van der Waals surface area contributed by atoms with E-state index in [1.165, 1.54) is 51.2 Å². The van der Waals surface area contributed by atoms with Crippen LogP contribution >= 0.6 is 0 Å². The number of carbonyl (C=O) groups is 1. The number of hydrogen-bond donors (Lipinski definition) is 3. The van der Waals surface area contributed by atoms with Gasteiger partial charge in [-0.05, 0) is 31.4 Å². The van der Waals surface area contributed by atoms with Crippen LogP contribution in [0, 0.1) is 11.7 Å². The van der Waals surface area contributed by atoms with E-state index in [1.54, 1.807) is 6.07 Å². The SMILES string of the molecule is C[C@H](NS(=O)(=O)c1ccccc1F)C(=O)Nc1cc(CC2CCCCC2)[nH]n1. The molecule has 1 aromatic heterocycles. The third-order valence-corrected chi connectivity index (χ3v) is 6.54. The van der Waals surface area contributed by atoms with Gasteiger partial charge in [-0.1, -0.05) is 44.2 Å². The second kappa shape index (κ2) is 8.83. The third kappa shape index (κ3) is 5.17. The fourth-order valence-electron chi connectivity index (χ4n) is 3.48. The lowest BCUT2D eigenvalue weighted by molar-refractivity contribution is -0.117. The zero-order chi connectivity index (χ0) is 20.1. The first-order valence-electron chi connectivity index (χ1n) is 9.47. The molecule has 2 aromatic rings. The first kappa shape index (κ1) is 20.5. The summed E-state index contributed by atoms with van der Waals surface area (Å²) in [5, 5.41) is 9.59. The lowest BCUT2D eigenvalue weighted by Gasteiger charge is -2.20. The highest BCUT2D eigenvalue weighted by Crippen LogP contribution is 2.26. The van der Waals surface area contributed by atoms with Crippen LogP contribution in [0.2, 0.25) is 0 Å². The quantitative estimate of drug-likeness (QED) is 0.655. The van der Waals surface area contributed by atoms with Gasteiger partial charge in [-0.2, -0.15) is 9.82 Å². The Labute approximate surface area is 164 Å². The van der Waals surface area contributed by atoms with Crippen LogP contribution in [0.25, 0.3) is 0 Å². The highest BCUT2D eigenvalue weighted by atomic mass is 32.2. The molecule has 3 rings (SSSR count). The maximum absolute atomic E-state index is 13.7. The summed E-state index contributed by atoms with van der Waals surface area (Å²) >= 11 is 0. The Kier molecular flexibility index (Phi) is 6.46. The summed E-state index contributed by atoms with van der Waals surface area (Å²) in [5.41, 5.74) is 0.946. The van der Waals surface area contributed by atoms with Gasteiger partial charge in [-0.25, -0.2) is 12.8 Å². The van der Waals surface area contributed by atoms with Crippen molar-refractivity contribution in [1.82, 2.24) is 14.9 Å². The zero-order valence-corrected chi connectivity index (χ0v) is 16.6. The Morgan fingerprint density at radius 3 is 2.71 bits per heavy atom. The molecule has 1 aromatic carbocycles. The van der Waals surface area contributed by atoms with Crippen LogP contribution in [-0.2, 0) is 21.2 Å². The van der Waals surface area contributed by atoms with Gasteiger partial charge < -0.3 is 5.32 Å². The highest BCUT2D eigenvalue weighted by Gasteiger charge is 2.25. The van der Waals surface area contributed by atoms with Gasteiger partial charge in [-0.3, -0.25) is 9.89 Å². The van der Waals surface area contributed by atoms with Crippen molar-refractivity contribution in [3.05, 3.63) is 41.8 Å². The van der Waals surface area contributed by atoms with Crippen LogP contribution in [-0.4, -0.2) is 30.6 Å². The van der Waals surface area contributed by atoms with Crippen molar-refractivity contribution in [2.24, 2.45) is 5.92 Å². The summed E-state index contributed by atoms with van der Waals surface area (Å²) in [5.74, 6) is -0.477. The fourth-order valence-corrected chi connectivity index (χ4v) is 4.76. The third-order valence-electron chi connectivity index (χ3n) is 4.97. The molecule has 0 saturated heterocycles. The maximum Gasteiger partial charge on any atom is 0.244 e. The smallest absolute Gasteiger partial charge is 0.244 e. The largest absolute Gasteiger partial charge is 0.308 e. The number of benzene rings is 1. The minimum Gasteiger partial charge on any atom is -0.308 e. The van der Waals surface area contributed by atoms with Gasteiger partial charge >= 0.3 is 0 Å². The van der Waals surface area contributed by atoms with Gasteiger partial charge in [0.25, 0.3) is 0 Å². The molecule has 1 amide bonds. The number of nitrogens with zero attached hydrogens (tertiary/aromatic N) is 1. The number of hydrogen-bond acceptors (Lipinski definition) is 4. The van der Waals surface area contributed by atoms with Gasteiger partial charge in [0, 0.05) is 11.8 Å². The Balaban J connectivity index is 1.58. The van der Waals surface area contributed by atoms with Crippen molar-refractivity contribution in [3.8, 4) is 0 Å². The van der Waals surface area contributed by atoms with Crippen molar-refractivity contribution in [2.75, 3.05) is 5.32 Å². The van der Waals surface area contributed by atoms with Crippen molar-refractivity contribution >= 4 is 21.7 Å². The molecule has 0 bridgehead atoms. The van der Waals surface area contributed by atoms with E-state index in [2.05, 4.69) is 20.2 Å². The number of rotatable bonds is 7. The van der Waals surface area contributed by atoms with E-state index in [0.717, 1.165) is 24.2 Å². The average molecular weight is 408 g/mol. The number of nitrogens with one attached hydrogen (secondary N) is 3. The van der Waals surface area contributed by atoms with Crippen LogP contribution < -0.4 is 10.0 Å².